The first-order chi connectivity index (χ1) is 12.6. The largest absolute Gasteiger partial charge is 0.0917 e. The molecule has 0 aromatic carbocycles. The molecule has 3 aliphatic rings. The fourth-order valence-corrected chi connectivity index (χ4v) is 7.05. The van der Waals surface area contributed by atoms with Crippen LogP contribution in [0.1, 0.15) is 105 Å². The van der Waals surface area contributed by atoms with Gasteiger partial charge in [0.15, 0.2) is 0 Å². The first kappa shape index (κ1) is 20.5. The van der Waals surface area contributed by atoms with Crippen LogP contribution in [0, 0.1) is 47.3 Å². The van der Waals surface area contributed by atoms with E-state index >= 15 is 0 Å². The van der Waals surface area contributed by atoms with Crippen LogP contribution in [0.3, 0.4) is 0 Å². The Bertz CT molecular complexity index is 419. The van der Waals surface area contributed by atoms with E-state index in [1.807, 2.05) is 0 Å². The third-order valence-corrected chi connectivity index (χ3v) is 9.31. The molecule has 3 fully saturated rings. The molecule has 0 heterocycles. The van der Waals surface area contributed by atoms with Crippen molar-refractivity contribution < 1.29 is 0 Å². The van der Waals surface area contributed by atoms with Crippen molar-refractivity contribution in [2.75, 3.05) is 0 Å². The van der Waals surface area contributed by atoms with E-state index in [0.717, 1.165) is 47.3 Å². The Morgan fingerprint density at radius 2 is 1.23 bits per heavy atom. The van der Waals surface area contributed by atoms with Gasteiger partial charge in [-0.05, 0) is 112 Å². The summed E-state index contributed by atoms with van der Waals surface area (Å²) in [5, 5.41) is 0. The second-order valence-electron chi connectivity index (χ2n) is 10.5. The van der Waals surface area contributed by atoms with Crippen molar-refractivity contribution in [3.05, 3.63) is 12.2 Å². The smallest absolute Gasteiger partial charge is 0.0348 e. The predicted molar refractivity (Wildman–Crippen MR) is 115 cm³/mol. The van der Waals surface area contributed by atoms with Gasteiger partial charge in [0.05, 0.1) is 0 Å². The fourth-order valence-electron chi connectivity index (χ4n) is 7.05. The highest BCUT2D eigenvalue weighted by Gasteiger charge is 2.39. The van der Waals surface area contributed by atoms with Crippen LogP contribution in [0.25, 0.3) is 0 Å². The summed E-state index contributed by atoms with van der Waals surface area (Å²) in [6.07, 6.45) is 22.7. The molecule has 3 rings (SSSR count). The molecule has 0 N–H and O–H groups in total. The lowest BCUT2D eigenvalue weighted by Gasteiger charge is -2.45. The molecule has 3 saturated carbocycles. The van der Waals surface area contributed by atoms with Crippen LogP contribution >= 0.6 is 0 Å². The van der Waals surface area contributed by atoms with Crippen molar-refractivity contribution in [1.82, 2.24) is 0 Å². The molecule has 0 aliphatic heterocycles. The Morgan fingerprint density at radius 1 is 0.654 bits per heavy atom. The lowest BCUT2D eigenvalue weighted by atomic mass is 9.60. The van der Waals surface area contributed by atoms with Crippen molar-refractivity contribution in [3.63, 3.8) is 0 Å². The number of hydrogen-bond acceptors (Lipinski definition) is 0. The van der Waals surface area contributed by atoms with Crippen LogP contribution in [0.5, 0.6) is 0 Å². The molecule has 0 spiro atoms. The Morgan fingerprint density at radius 3 is 1.85 bits per heavy atom. The minimum Gasteiger partial charge on any atom is -0.0917 e. The van der Waals surface area contributed by atoms with Gasteiger partial charge < -0.3 is 0 Å². The van der Waals surface area contributed by atoms with Crippen LogP contribution in [-0.2, 0) is 0 Å². The highest BCUT2D eigenvalue weighted by Crippen LogP contribution is 2.49. The molecule has 0 saturated heterocycles. The lowest BCUT2D eigenvalue weighted by Crippen LogP contribution is -2.36. The first-order valence-corrected chi connectivity index (χ1v) is 12.2. The third kappa shape index (κ3) is 4.96. The zero-order valence-electron chi connectivity index (χ0n) is 18.3. The van der Waals surface area contributed by atoms with Gasteiger partial charge in [-0.2, -0.15) is 0 Å². The average molecular weight is 359 g/mol. The molecule has 0 aromatic heterocycles. The van der Waals surface area contributed by atoms with E-state index in [1.54, 1.807) is 38.5 Å². The Balaban J connectivity index is 1.40. The molecule has 150 valence electrons. The molecule has 0 nitrogen and oxygen atoms in total. The third-order valence-electron chi connectivity index (χ3n) is 9.31. The van der Waals surface area contributed by atoms with Crippen LogP contribution in [0.4, 0.5) is 0 Å². The number of hydrogen-bond donors (Lipinski definition) is 0. The Labute approximate surface area is 164 Å². The molecular weight excluding hydrogens is 312 g/mol. The SMILES string of the molecule is C/C=C/CCC1CCC(C2CCC(C3CCC(C)C(C)C3C)CC2)CC1. The van der Waals surface area contributed by atoms with E-state index in [4.69, 9.17) is 0 Å². The van der Waals surface area contributed by atoms with Gasteiger partial charge in [-0.1, -0.05) is 52.2 Å². The average Bonchev–Trinajstić information content (AvgIpc) is 2.67. The second-order valence-corrected chi connectivity index (χ2v) is 10.5. The van der Waals surface area contributed by atoms with Crippen molar-refractivity contribution in [3.8, 4) is 0 Å². The molecule has 0 bridgehead atoms. The minimum atomic E-state index is 0.948. The molecule has 0 heteroatoms. The summed E-state index contributed by atoms with van der Waals surface area (Å²) in [7, 11) is 0. The highest BCUT2D eigenvalue weighted by molar-refractivity contribution is 4.89. The zero-order chi connectivity index (χ0) is 18.5. The minimum absolute atomic E-state index is 0.948. The maximum Gasteiger partial charge on any atom is -0.0348 e. The monoisotopic (exact) mass is 358 g/mol. The van der Waals surface area contributed by atoms with Crippen molar-refractivity contribution in [2.45, 2.75) is 105 Å². The molecule has 4 unspecified atom stereocenters. The molecule has 0 radical (unpaired) electrons. The fraction of sp³-hybridized carbons (Fsp3) is 0.923. The maximum atomic E-state index is 2.58. The van der Waals surface area contributed by atoms with Gasteiger partial charge in [-0.15, -0.1) is 0 Å². The standard InChI is InChI=1S/C26H46/c1-5-6-7-8-22-10-12-23(13-11-22)24-14-16-25(17-15-24)26-18-9-19(2)20(3)21(26)4/h5-6,19-26H,7-18H2,1-4H3/b6-5+. The molecule has 26 heavy (non-hydrogen) atoms. The van der Waals surface area contributed by atoms with Crippen LogP contribution in [-0.4, -0.2) is 0 Å². The molecule has 0 aromatic rings. The summed E-state index contributed by atoms with van der Waals surface area (Å²) in [5.74, 6) is 8.18. The zero-order valence-corrected chi connectivity index (χ0v) is 18.3. The van der Waals surface area contributed by atoms with E-state index in [9.17, 15) is 0 Å². The molecular formula is C26H46. The number of allylic oxidation sites excluding steroid dienone is 2. The van der Waals surface area contributed by atoms with Crippen molar-refractivity contribution in [1.29, 1.82) is 0 Å². The molecule has 4 atom stereocenters. The van der Waals surface area contributed by atoms with E-state index in [-0.39, 0.29) is 0 Å². The second kappa shape index (κ2) is 9.79. The van der Waals surface area contributed by atoms with Gasteiger partial charge in [-0.3, -0.25) is 0 Å². The highest BCUT2D eigenvalue weighted by atomic mass is 14.4. The summed E-state index contributed by atoms with van der Waals surface area (Å²) in [6, 6.07) is 0. The summed E-state index contributed by atoms with van der Waals surface area (Å²) in [4.78, 5) is 0. The lowest BCUT2D eigenvalue weighted by molar-refractivity contribution is 0.0462. The van der Waals surface area contributed by atoms with E-state index in [0.29, 0.717) is 0 Å². The van der Waals surface area contributed by atoms with Crippen molar-refractivity contribution in [2.24, 2.45) is 47.3 Å². The summed E-state index contributed by atoms with van der Waals surface area (Å²) in [5.41, 5.74) is 0. The van der Waals surface area contributed by atoms with Gasteiger partial charge in [0.1, 0.15) is 0 Å². The molecule has 3 aliphatic carbocycles. The van der Waals surface area contributed by atoms with Gasteiger partial charge in [0, 0.05) is 0 Å². The Kier molecular flexibility index (Phi) is 7.71. The topological polar surface area (TPSA) is 0 Å². The van der Waals surface area contributed by atoms with E-state index in [2.05, 4.69) is 39.8 Å². The summed E-state index contributed by atoms with van der Waals surface area (Å²) >= 11 is 0. The van der Waals surface area contributed by atoms with Crippen LogP contribution < -0.4 is 0 Å². The quantitative estimate of drug-likeness (QED) is 0.434. The Hall–Kier alpha value is -0.260. The van der Waals surface area contributed by atoms with Crippen LogP contribution in [0.2, 0.25) is 0 Å². The van der Waals surface area contributed by atoms with Gasteiger partial charge >= 0.3 is 0 Å². The van der Waals surface area contributed by atoms with Crippen molar-refractivity contribution >= 4 is 0 Å². The first-order valence-electron chi connectivity index (χ1n) is 12.2. The van der Waals surface area contributed by atoms with Gasteiger partial charge in [0.25, 0.3) is 0 Å². The van der Waals surface area contributed by atoms with Gasteiger partial charge in [0.2, 0.25) is 0 Å². The normalized spacial score (nSPS) is 45.1. The number of rotatable bonds is 5. The van der Waals surface area contributed by atoms with Crippen LogP contribution in [0.15, 0.2) is 12.2 Å². The van der Waals surface area contributed by atoms with E-state index < -0.39 is 0 Å². The maximum absolute atomic E-state index is 2.58. The molecule has 0 amide bonds. The predicted octanol–water partition coefficient (Wildman–Crippen LogP) is 8.27. The summed E-state index contributed by atoms with van der Waals surface area (Å²) in [6.45, 7) is 9.75. The van der Waals surface area contributed by atoms with E-state index in [1.165, 1.54) is 38.5 Å². The summed E-state index contributed by atoms with van der Waals surface area (Å²) < 4.78 is 0. The van der Waals surface area contributed by atoms with Gasteiger partial charge in [-0.25, -0.2) is 0 Å².